The van der Waals surface area contributed by atoms with Crippen LogP contribution in [-0.4, -0.2) is 11.3 Å². The summed E-state index contributed by atoms with van der Waals surface area (Å²) in [7, 11) is 0. The number of rotatable bonds is 3. The molecule has 0 aliphatic heterocycles. The Morgan fingerprint density at radius 3 is 2.20 bits per heavy atom. The summed E-state index contributed by atoms with van der Waals surface area (Å²) in [5.41, 5.74) is 0.781. The molecule has 0 saturated heterocycles. The number of fused-ring (bicyclic) bond motifs is 2. The molecule has 3 aromatic carbocycles. The topological polar surface area (TPSA) is 52.5 Å². The zero-order chi connectivity index (χ0) is 15.6. The van der Waals surface area contributed by atoms with Crippen LogP contribution in [0.25, 0.3) is 21.5 Å². The predicted molar refractivity (Wildman–Crippen MR) is 106 cm³/mol. The van der Waals surface area contributed by atoms with E-state index in [9.17, 15) is 4.79 Å². The van der Waals surface area contributed by atoms with Gasteiger partial charge in [0.1, 0.15) is 0 Å². The molecule has 4 rings (SSSR count). The molecule has 0 atom stereocenters. The van der Waals surface area contributed by atoms with Gasteiger partial charge in [-0.3, -0.25) is 4.79 Å². The molecule has 0 saturated carbocycles. The third-order valence-corrected chi connectivity index (χ3v) is 4.16. The van der Waals surface area contributed by atoms with E-state index < -0.39 is 0 Å². The van der Waals surface area contributed by atoms with Crippen LogP contribution >= 0.6 is 17.0 Å². The molecular weight excluding hydrogens is 378 g/mol. The number of hydrogen-bond acceptors (Lipinski definition) is 1. The van der Waals surface area contributed by atoms with E-state index in [1.54, 1.807) is 0 Å². The second kappa shape index (κ2) is 8.01. The molecule has 1 heterocycles. The van der Waals surface area contributed by atoms with Gasteiger partial charge in [0.05, 0.1) is 0 Å². The molecule has 25 heavy (non-hydrogen) atoms. The Balaban J connectivity index is 0.00000113. The number of hydrogen-bond donors (Lipinski definition) is 0. The van der Waals surface area contributed by atoms with E-state index in [1.165, 1.54) is 5.39 Å². The van der Waals surface area contributed by atoms with Gasteiger partial charge >= 0.3 is 0 Å². The Hall–Kier alpha value is -2.56. The Kier molecular flexibility index (Phi) is 6.02. The molecule has 2 N–H and O–H groups in total. The molecule has 0 aliphatic carbocycles. The highest BCUT2D eigenvalue weighted by Gasteiger charge is 2.15. The Morgan fingerprint density at radius 1 is 0.760 bits per heavy atom. The fourth-order valence-electron chi connectivity index (χ4n) is 3.00. The first-order chi connectivity index (χ1) is 11.3. The van der Waals surface area contributed by atoms with Crippen LogP contribution in [0.1, 0.15) is 10.4 Å². The lowest BCUT2D eigenvalue weighted by Crippen LogP contribution is -2.37. The molecule has 0 fully saturated rings. The van der Waals surface area contributed by atoms with E-state index >= 15 is 0 Å². The minimum atomic E-state index is 0. The lowest BCUT2D eigenvalue weighted by Gasteiger charge is -2.04. The molecule has 3 nitrogen and oxygen atoms in total. The fourth-order valence-corrected chi connectivity index (χ4v) is 3.00. The third-order valence-electron chi connectivity index (χ3n) is 4.16. The summed E-state index contributed by atoms with van der Waals surface area (Å²) in [6, 6.07) is 24.1. The SMILES string of the molecule is Br.O.O=C(C[n+]1ccc2ccccc2c1)c1cccc2ccccc12. The summed E-state index contributed by atoms with van der Waals surface area (Å²) >= 11 is 0. The first kappa shape index (κ1) is 18.8. The molecule has 4 aromatic rings. The van der Waals surface area contributed by atoms with E-state index in [-0.39, 0.29) is 28.2 Å². The van der Waals surface area contributed by atoms with Crippen molar-refractivity contribution in [3.63, 3.8) is 0 Å². The van der Waals surface area contributed by atoms with Gasteiger partial charge in [0.2, 0.25) is 12.3 Å². The van der Waals surface area contributed by atoms with Gasteiger partial charge in [-0.1, -0.05) is 60.7 Å². The maximum Gasteiger partial charge on any atom is 0.228 e. The second-order valence-corrected chi connectivity index (χ2v) is 5.70. The first-order valence-corrected chi connectivity index (χ1v) is 7.70. The van der Waals surface area contributed by atoms with Crippen molar-refractivity contribution < 1.29 is 14.8 Å². The summed E-state index contributed by atoms with van der Waals surface area (Å²) in [4.78, 5) is 12.7. The number of carbonyl (C=O) groups is 1. The molecule has 0 aliphatic rings. The molecule has 0 unspecified atom stereocenters. The third kappa shape index (κ3) is 3.76. The summed E-state index contributed by atoms with van der Waals surface area (Å²) in [5.74, 6) is 0.127. The van der Waals surface area contributed by atoms with Crippen LogP contribution in [0.3, 0.4) is 0 Å². The van der Waals surface area contributed by atoms with Crippen molar-refractivity contribution in [1.29, 1.82) is 0 Å². The maximum atomic E-state index is 12.7. The molecule has 4 heteroatoms. The molecule has 0 radical (unpaired) electrons. The lowest BCUT2D eigenvalue weighted by molar-refractivity contribution is -0.681. The van der Waals surface area contributed by atoms with Crippen LogP contribution < -0.4 is 4.57 Å². The van der Waals surface area contributed by atoms with Crippen molar-refractivity contribution >= 4 is 44.3 Å². The van der Waals surface area contributed by atoms with E-state index in [0.29, 0.717) is 6.54 Å². The van der Waals surface area contributed by atoms with Gasteiger partial charge in [0.15, 0.2) is 12.4 Å². The van der Waals surface area contributed by atoms with E-state index in [2.05, 4.69) is 12.1 Å². The van der Waals surface area contributed by atoms with Crippen LogP contribution in [-0.2, 0) is 6.54 Å². The average molecular weight is 397 g/mol. The predicted octanol–water partition coefficient (Wildman–Crippen LogP) is 3.92. The largest absolute Gasteiger partial charge is 0.412 e. The zero-order valence-electron chi connectivity index (χ0n) is 13.6. The molecule has 126 valence electrons. The highest BCUT2D eigenvalue weighted by Crippen LogP contribution is 2.19. The summed E-state index contributed by atoms with van der Waals surface area (Å²) < 4.78 is 1.95. The first-order valence-electron chi connectivity index (χ1n) is 7.70. The number of carbonyl (C=O) groups excluding carboxylic acids is 1. The van der Waals surface area contributed by atoms with E-state index in [1.807, 2.05) is 77.6 Å². The van der Waals surface area contributed by atoms with Crippen LogP contribution in [0, 0.1) is 0 Å². The minimum absolute atomic E-state index is 0. The van der Waals surface area contributed by atoms with Gasteiger partial charge in [-0.05, 0) is 22.2 Å². The number of nitrogens with zero attached hydrogens (tertiary/aromatic N) is 1. The van der Waals surface area contributed by atoms with Gasteiger partial charge in [-0.25, -0.2) is 0 Å². The van der Waals surface area contributed by atoms with Crippen molar-refractivity contribution in [2.75, 3.05) is 0 Å². The summed E-state index contributed by atoms with van der Waals surface area (Å²) in [5, 5.41) is 4.44. The van der Waals surface area contributed by atoms with Crippen molar-refractivity contribution in [2.24, 2.45) is 0 Å². The van der Waals surface area contributed by atoms with Gasteiger partial charge < -0.3 is 5.48 Å². The quantitative estimate of drug-likeness (QED) is 0.382. The van der Waals surface area contributed by atoms with Gasteiger partial charge in [0.25, 0.3) is 0 Å². The van der Waals surface area contributed by atoms with Crippen LogP contribution in [0.15, 0.2) is 85.2 Å². The van der Waals surface area contributed by atoms with Gasteiger partial charge in [-0.15, -0.1) is 17.0 Å². The Labute approximate surface area is 156 Å². The van der Waals surface area contributed by atoms with E-state index in [0.717, 1.165) is 21.7 Å². The van der Waals surface area contributed by atoms with Crippen molar-refractivity contribution in [3.8, 4) is 0 Å². The molecule has 1 aromatic heterocycles. The Bertz CT molecular complexity index is 1020. The normalized spacial score (nSPS) is 10.1. The molecule has 0 bridgehead atoms. The van der Waals surface area contributed by atoms with E-state index in [4.69, 9.17) is 0 Å². The smallest absolute Gasteiger partial charge is 0.228 e. The Morgan fingerprint density at radius 2 is 1.40 bits per heavy atom. The van der Waals surface area contributed by atoms with Crippen LogP contribution in [0.2, 0.25) is 0 Å². The number of aromatic nitrogens is 1. The number of halogens is 1. The number of Topliss-reactive ketones (excluding diaryl/α,β-unsaturated/α-hetero) is 1. The highest BCUT2D eigenvalue weighted by atomic mass is 79.9. The lowest BCUT2D eigenvalue weighted by atomic mass is 10.0. The molecule has 0 spiro atoms. The minimum Gasteiger partial charge on any atom is -0.412 e. The summed E-state index contributed by atoms with van der Waals surface area (Å²) in [6.45, 7) is 0.346. The monoisotopic (exact) mass is 396 g/mol. The maximum absolute atomic E-state index is 12.7. The van der Waals surface area contributed by atoms with Gasteiger partial charge in [0, 0.05) is 17.0 Å². The van der Waals surface area contributed by atoms with Gasteiger partial charge in [-0.2, -0.15) is 4.57 Å². The zero-order valence-corrected chi connectivity index (χ0v) is 15.3. The average Bonchev–Trinajstić information content (AvgIpc) is 2.61. The van der Waals surface area contributed by atoms with Crippen molar-refractivity contribution in [1.82, 2.24) is 0 Å². The second-order valence-electron chi connectivity index (χ2n) is 5.70. The number of ketones is 1. The van der Waals surface area contributed by atoms with Crippen LogP contribution in [0.5, 0.6) is 0 Å². The fraction of sp³-hybridized carbons (Fsp3) is 0.0476. The molecule has 0 amide bonds. The molecular formula is C21H19BrNO2+. The summed E-state index contributed by atoms with van der Waals surface area (Å²) in [6.07, 6.45) is 3.99. The standard InChI is InChI=1S/C21H16NO.BrH.H2O/c23-21(20-11-5-9-17-7-3-4-10-19(17)20)15-22-13-12-16-6-1-2-8-18(16)14-22;;/h1-14H,15H2;1H;1H2/q+1;;. The van der Waals surface area contributed by atoms with Crippen molar-refractivity contribution in [3.05, 3.63) is 90.8 Å². The number of benzene rings is 3. The van der Waals surface area contributed by atoms with Crippen LogP contribution in [0.4, 0.5) is 0 Å². The van der Waals surface area contributed by atoms with Crippen molar-refractivity contribution in [2.45, 2.75) is 6.54 Å². The number of pyridine rings is 1. The highest BCUT2D eigenvalue weighted by molar-refractivity contribution is 8.93.